The summed E-state index contributed by atoms with van der Waals surface area (Å²) in [6.07, 6.45) is 7.62. The van der Waals surface area contributed by atoms with E-state index in [9.17, 15) is 4.79 Å². The Morgan fingerprint density at radius 3 is 2.59 bits per heavy atom. The summed E-state index contributed by atoms with van der Waals surface area (Å²) in [4.78, 5) is 17.1. The molecule has 29 heavy (non-hydrogen) atoms. The molecule has 3 heterocycles. The van der Waals surface area contributed by atoms with Crippen molar-refractivity contribution in [2.45, 2.75) is 24.9 Å². The van der Waals surface area contributed by atoms with Crippen molar-refractivity contribution in [3.05, 3.63) is 83.9 Å². The molecule has 4 rings (SSSR count). The first-order chi connectivity index (χ1) is 13.3. The number of benzene rings is 1. The highest BCUT2D eigenvalue weighted by Crippen LogP contribution is 2.22. The number of aromatic nitrogens is 3. The Hall–Kier alpha value is -2.41. The Labute approximate surface area is 182 Å². The molecule has 2 unspecified atom stereocenters. The van der Waals surface area contributed by atoms with Gasteiger partial charge in [-0.05, 0) is 42.6 Å². The lowest BCUT2D eigenvalue weighted by molar-refractivity contribution is 0.0936. The lowest BCUT2D eigenvalue weighted by Crippen LogP contribution is -2.32. The van der Waals surface area contributed by atoms with Crippen molar-refractivity contribution in [2.24, 2.45) is 0 Å². The maximum absolute atomic E-state index is 12.9. The van der Waals surface area contributed by atoms with Crippen molar-refractivity contribution in [3.63, 3.8) is 0 Å². The summed E-state index contributed by atoms with van der Waals surface area (Å²) in [7, 11) is 0. The molecule has 1 aliphatic heterocycles. The summed E-state index contributed by atoms with van der Waals surface area (Å²) < 4.78 is 1.91. The van der Waals surface area contributed by atoms with E-state index in [2.05, 4.69) is 20.7 Å². The number of nitrogens with zero attached hydrogens (tertiary/aromatic N) is 3. The van der Waals surface area contributed by atoms with Gasteiger partial charge in [-0.2, -0.15) is 5.10 Å². The van der Waals surface area contributed by atoms with Crippen LogP contribution >= 0.6 is 24.8 Å². The van der Waals surface area contributed by atoms with Gasteiger partial charge in [0.25, 0.3) is 5.91 Å². The van der Waals surface area contributed by atoms with E-state index in [1.54, 1.807) is 18.5 Å². The Kier molecular flexibility index (Phi) is 8.64. The molecule has 0 bridgehead atoms. The van der Waals surface area contributed by atoms with E-state index < -0.39 is 0 Å². The van der Waals surface area contributed by atoms with Crippen LogP contribution in [-0.4, -0.2) is 33.8 Å². The van der Waals surface area contributed by atoms with E-state index in [4.69, 9.17) is 0 Å². The Balaban J connectivity index is 0.00000150. The zero-order chi connectivity index (χ0) is 18.5. The van der Waals surface area contributed by atoms with Crippen LogP contribution in [0.5, 0.6) is 0 Å². The SMILES string of the molecule is Cl.Cl.O=C(NC(c1ccccc1)c1cccnc1)c1ccn(C2CCCNC2)n1. The monoisotopic (exact) mass is 433 g/mol. The number of halogens is 2. The van der Waals surface area contributed by atoms with E-state index in [1.165, 1.54) is 0 Å². The first-order valence-electron chi connectivity index (χ1n) is 9.33. The maximum Gasteiger partial charge on any atom is 0.272 e. The average Bonchev–Trinajstić information content (AvgIpc) is 3.24. The minimum Gasteiger partial charge on any atom is -0.340 e. The van der Waals surface area contributed by atoms with Crippen molar-refractivity contribution in [3.8, 4) is 0 Å². The summed E-state index contributed by atoms with van der Waals surface area (Å²) in [5.74, 6) is -0.185. The first kappa shape index (κ1) is 22.9. The Morgan fingerprint density at radius 1 is 1.10 bits per heavy atom. The molecule has 8 heteroatoms. The Bertz CT molecular complexity index is 843. The molecule has 1 fully saturated rings. The van der Waals surface area contributed by atoms with Gasteiger partial charge in [0.1, 0.15) is 5.69 Å². The van der Waals surface area contributed by atoms with Crippen LogP contribution in [0.2, 0.25) is 0 Å². The first-order valence-corrected chi connectivity index (χ1v) is 9.33. The van der Waals surface area contributed by atoms with Gasteiger partial charge in [-0.15, -0.1) is 24.8 Å². The van der Waals surface area contributed by atoms with Crippen LogP contribution in [0.3, 0.4) is 0 Å². The molecule has 2 N–H and O–H groups in total. The van der Waals surface area contributed by atoms with E-state index >= 15 is 0 Å². The standard InChI is InChI=1S/C21H23N5O.2ClH/c27-21(19-10-13-26(25-19)18-9-5-12-23-15-18)24-20(16-6-2-1-3-7-16)17-8-4-11-22-14-17;;/h1-4,6-8,10-11,13-14,18,20,23H,5,9,12,15H2,(H,24,27);2*1H. The number of hydrogen-bond donors (Lipinski definition) is 2. The highest BCUT2D eigenvalue weighted by Gasteiger charge is 2.21. The van der Waals surface area contributed by atoms with E-state index in [0.29, 0.717) is 11.7 Å². The molecule has 1 amide bonds. The number of piperidine rings is 1. The number of carbonyl (C=O) groups is 1. The molecule has 1 aliphatic rings. The van der Waals surface area contributed by atoms with Gasteiger partial charge in [0.05, 0.1) is 12.1 Å². The van der Waals surface area contributed by atoms with Crippen LogP contribution in [-0.2, 0) is 0 Å². The van der Waals surface area contributed by atoms with Gasteiger partial charge in [-0.3, -0.25) is 14.5 Å². The summed E-state index contributed by atoms with van der Waals surface area (Å²) in [5.41, 5.74) is 2.38. The second kappa shape index (κ2) is 11.0. The largest absolute Gasteiger partial charge is 0.340 e. The zero-order valence-electron chi connectivity index (χ0n) is 15.9. The van der Waals surface area contributed by atoms with Crippen LogP contribution in [0.4, 0.5) is 0 Å². The van der Waals surface area contributed by atoms with E-state index in [1.807, 2.05) is 53.3 Å². The smallest absolute Gasteiger partial charge is 0.272 e. The fourth-order valence-electron chi connectivity index (χ4n) is 3.48. The van der Waals surface area contributed by atoms with Crippen LogP contribution in [0.15, 0.2) is 67.1 Å². The van der Waals surface area contributed by atoms with Crippen LogP contribution in [0.25, 0.3) is 0 Å². The topological polar surface area (TPSA) is 71.8 Å². The average molecular weight is 434 g/mol. The highest BCUT2D eigenvalue weighted by atomic mass is 35.5. The summed E-state index contributed by atoms with van der Waals surface area (Å²) >= 11 is 0. The fourth-order valence-corrected chi connectivity index (χ4v) is 3.48. The minimum atomic E-state index is -0.270. The van der Waals surface area contributed by atoms with Gasteiger partial charge >= 0.3 is 0 Å². The Morgan fingerprint density at radius 2 is 1.90 bits per heavy atom. The van der Waals surface area contributed by atoms with Crippen LogP contribution < -0.4 is 10.6 Å². The highest BCUT2D eigenvalue weighted by molar-refractivity contribution is 5.92. The molecule has 1 aromatic carbocycles. The molecule has 154 valence electrons. The predicted molar refractivity (Wildman–Crippen MR) is 118 cm³/mol. The zero-order valence-corrected chi connectivity index (χ0v) is 17.5. The summed E-state index contributed by atoms with van der Waals surface area (Å²) in [6.45, 7) is 1.94. The van der Waals surface area contributed by atoms with Gasteiger partial charge in [0.15, 0.2) is 0 Å². The van der Waals surface area contributed by atoms with Crippen molar-refractivity contribution in [2.75, 3.05) is 13.1 Å². The van der Waals surface area contributed by atoms with E-state index in [0.717, 1.165) is 37.1 Å². The number of nitrogens with one attached hydrogen (secondary N) is 2. The molecule has 0 saturated carbocycles. The van der Waals surface area contributed by atoms with Crippen LogP contribution in [0, 0.1) is 0 Å². The van der Waals surface area contributed by atoms with Crippen molar-refractivity contribution < 1.29 is 4.79 Å². The van der Waals surface area contributed by atoms with Gasteiger partial charge in [-0.25, -0.2) is 0 Å². The number of carbonyl (C=O) groups excluding carboxylic acids is 1. The quantitative estimate of drug-likeness (QED) is 0.644. The second-order valence-electron chi connectivity index (χ2n) is 6.78. The molecular weight excluding hydrogens is 409 g/mol. The summed E-state index contributed by atoms with van der Waals surface area (Å²) in [5, 5.41) is 11.0. The molecule has 0 spiro atoms. The molecule has 3 aromatic rings. The molecule has 0 aliphatic carbocycles. The van der Waals surface area contributed by atoms with Crippen molar-refractivity contribution >= 4 is 30.7 Å². The summed E-state index contributed by atoms with van der Waals surface area (Å²) in [6, 6.07) is 15.6. The van der Waals surface area contributed by atoms with Crippen molar-refractivity contribution in [1.29, 1.82) is 0 Å². The molecule has 6 nitrogen and oxygen atoms in total. The molecular formula is C21H25Cl2N5O. The predicted octanol–water partition coefficient (Wildman–Crippen LogP) is 3.57. The van der Waals surface area contributed by atoms with Gasteiger partial charge < -0.3 is 10.6 Å². The normalized spacial score (nSPS) is 16.8. The lowest BCUT2D eigenvalue weighted by Gasteiger charge is -2.23. The maximum atomic E-state index is 12.9. The third-order valence-electron chi connectivity index (χ3n) is 4.91. The molecule has 2 atom stereocenters. The lowest BCUT2D eigenvalue weighted by atomic mass is 10.00. The van der Waals surface area contributed by atoms with E-state index in [-0.39, 0.29) is 36.8 Å². The number of hydrogen-bond acceptors (Lipinski definition) is 4. The second-order valence-corrected chi connectivity index (χ2v) is 6.78. The number of pyridine rings is 1. The van der Waals surface area contributed by atoms with Gasteiger partial charge in [0, 0.05) is 25.1 Å². The van der Waals surface area contributed by atoms with Crippen LogP contribution in [0.1, 0.15) is 46.5 Å². The number of amides is 1. The van der Waals surface area contributed by atoms with Gasteiger partial charge in [0.2, 0.25) is 0 Å². The third-order valence-corrected chi connectivity index (χ3v) is 4.91. The fraction of sp³-hybridized carbons (Fsp3) is 0.286. The molecule has 1 saturated heterocycles. The molecule has 0 radical (unpaired) electrons. The van der Waals surface area contributed by atoms with Crippen molar-refractivity contribution in [1.82, 2.24) is 25.4 Å². The number of rotatable bonds is 5. The minimum absolute atomic E-state index is 0. The van der Waals surface area contributed by atoms with Gasteiger partial charge in [-0.1, -0.05) is 36.4 Å². The third kappa shape index (κ3) is 5.56. The molecule has 2 aromatic heterocycles.